The molecule has 2 heterocycles. The Labute approximate surface area is 155 Å². The number of nitrogens with zero attached hydrogens (tertiary/aromatic N) is 3. The summed E-state index contributed by atoms with van der Waals surface area (Å²) in [5.41, 5.74) is -3.40. The molecule has 0 aromatic carbocycles. The molecule has 2 N–H and O–H groups in total. The van der Waals surface area contributed by atoms with Gasteiger partial charge in [0.1, 0.15) is 0 Å². The van der Waals surface area contributed by atoms with Crippen LogP contribution < -0.4 is 5.32 Å². The Hall–Kier alpha value is -2.10. The van der Waals surface area contributed by atoms with Gasteiger partial charge >= 0.3 is 6.18 Å². The zero-order valence-electron chi connectivity index (χ0n) is 15.3. The van der Waals surface area contributed by atoms with Crippen molar-refractivity contribution >= 4 is 11.8 Å². The second-order valence-electron chi connectivity index (χ2n) is 6.79. The monoisotopic (exact) mass is 390 g/mol. The molecule has 1 unspecified atom stereocenters. The first kappa shape index (κ1) is 21.2. The van der Waals surface area contributed by atoms with Gasteiger partial charge < -0.3 is 19.9 Å². The van der Waals surface area contributed by atoms with Crippen molar-refractivity contribution in [3.05, 3.63) is 18.2 Å². The molecule has 27 heavy (non-hydrogen) atoms. The first-order valence-electron chi connectivity index (χ1n) is 8.96. The maximum absolute atomic E-state index is 13.4. The zero-order valence-corrected chi connectivity index (χ0v) is 15.3. The van der Waals surface area contributed by atoms with E-state index in [1.165, 1.54) is 13.2 Å². The van der Waals surface area contributed by atoms with E-state index in [0.717, 1.165) is 36.4 Å². The molecule has 7 nitrogen and oxygen atoms in total. The molecule has 1 atom stereocenters. The number of halogens is 3. The number of carbonyl (C=O) groups is 2. The van der Waals surface area contributed by atoms with E-state index in [-0.39, 0.29) is 18.9 Å². The van der Waals surface area contributed by atoms with Crippen molar-refractivity contribution < 1.29 is 27.9 Å². The fraction of sp³-hybridized carbons (Fsp3) is 0.706. The highest BCUT2D eigenvalue weighted by molar-refractivity contribution is 5.79. The number of hydrogen-bond acceptors (Lipinski definition) is 4. The number of aromatic nitrogens is 2. The number of aryl methyl sites for hydroxylation is 1. The second-order valence-corrected chi connectivity index (χ2v) is 6.79. The molecule has 1 aliphatic heterocycles. The van der Waals surface area contributed by atoms with Crippen LogP contribution in [0.5, 0.6) is 0 Å². The Balaban J connectivity index is 1.91. The minimum Gasteiger partial charge on any atom is -0.374 e. The first-order valence-corrected chi connectivity index (χ1v) is 8.96. The highest BCUT2D eigenvalue weighted by Gasteiger charge is 2.58. The summed E-state index contributed by atoms with van der Waals surface area (Å²) in [6.45, 7) is 1.25. The topological polar surface area (TPSA) is 87.5 Å². The molecule has 2 amide bonds. The standard InChI is InChI=1S/C17H25F3N4O3/c1-23-11-8-22-15(23)16(27,17(18,19)20)12-13(25)21-7-6-14(26)24-9-4-2-3-5-10-24/h8,11,27H,2-7,9-10,12H2,1H3,(H,21,25). The summed E-state index contributed by atoms with van der Waals surface area (Å²) in [4.78, 5) is 29.4. The van der Waals surface area contributed by atoms with Gasteiger partial charge in [0.25, 0.3) is 0 Å². The number of hydrogen-bond donors (Lipinski definition) is 2. The molecule has 152 valence electrons. The number of alkyl halides is 3. The molecule has 10 heteroatoms. The fourth-order valence-corrected chi connectivity index (χ4v) is 3.15. The molecule has 0 bridgehead atoms. The predicted octanol–water partition coefficient (Wildman–Crippen LogP) is 1.47. The normalized spacial score (nSPS) is 17.9. The summed E-state index contributed by atoms with van der Waals surface area (Å²) >= 11 is 0. The van der Waals surface area contributed by atoms with Crippen molar-refractivity contribution in [2.75, 3.05) is 19.6 Å². The molecule has 2 rings (SSSR count). The van der Waals surface area contributed by atoms with Gasteiger partial charge in [0.15, 0.2) is 5.82 Å². The predicted molar refractivity (Wildman–Crippen MR) is 90.5 cm³/mol. The number of amides is 2. The lowest BCUT2D eigenvalue weighted by molar-refractivity contribution is -0.271. The molecule has 0 saturated carbocycles. The number of nitrogens with one attached hydrogen (secondary N) is 1. The van der Waals surface area contributed by atoms with Crippen molar-refractivity contribution in [2.24, 2.45) is 7.05 Å². The Bertz CT molecular complexity index is 654. The van der Waals surface area contributed by atoms with E-state index in [4.69, 9.17) is 0 Å². The summed E-state index contributed by atoms with van der Waals surface area (Å²) < 4.78 is 41.2. The van der Waals surface area contributed by atoms with E-state index in [2.05, 4.69) is 10.3 Å². The number of imidazole rings is 1. The lowest BCUT2D eigenvalue weighted by Gasteiger charge is -2.29. The molecule has 1 aliphatic rings. The van der Waals surface area contributed by atoms with Crippen LogP contribution in [0.25, 0.3) is 0 Å². The van der Waals surface area contributed by atoms with Crippen molar-refractivity contribution in [1.82, 2.24) is 19.8 Å². The van der Waals surface area contributed by atoms with Gasteiger partial charge in [-0.05, 0) is 12.8 Å². The highest BCUT2D eigenvalue weighted by Crippen LogP contribution is 2.40. The van der Waals surface area contributed by atoms with Gasteiger partial charge in [-0.25, -0.2) is 4.98 Å². The number of carbonyl (C=O) groups excluding carboxylic acids is 2. The van der Waals surface area contributed by atoms with Crippen LogP contribution in [0.1, 0.15) is 44.3 Å². The van der Waals surface area contributed by atoms with E-state index in [0.29, 0.717) is 13.1 Å². The van der Waals surface area contributed by atoms with E-state index >= 15 is 0 Å². The average molecular weight is 390 g/mol. The third kappa shape index (κ3) is 5.21. The molecular weight excluding hydrogens is 365 g/mol. The summed E-state index contributed by atoms with van der Waals surface area (Å²) in [7, 11) is 1.30. The fourth-order valence-electron chi connectivity index (χ4n) is 3.15. The van der Waals surface area contributed by atoms with Gasteiger partial charge in [0.2, 0.25) is 17.4 Å². The zero-order chi connectivity index (χ0) is 20.1. The largest absolute Gasteiger partial charge is 0.425 e. The van der Waals surface area contributed by atoms with Crippen LogP contribution in [0.15, 0.2) is 12.4 Å². The Morgan fingerprint density at radius 3 is 2.37 bits per heavy atom. The van der Waals surface area contributed by atoms with E-state index in [1.807, 2.05) is 0 Å². The van der Waals surface area contributed by atoms with Gasteiger partial charge in [-0.1, -0.05) is 12.8 Å². The molecule has 1 fully saturated rings. The van der Waals surface area contributed by atoms with Crippen molar-refractivity contribution in [3.8, 4) is 0 Å². The van der Waals surface area contributed by atoms with Crippen molar-refractivity contribution in [2.45, 2.75) is 50.3 Å². The first-order chi connectivity index (χ1) is 12.6. The quantitative estimate of drug-likeness (QED) is 0.770. The molecule has 1 aromatic rings. The summed E-state index contributed by atoms with van der Waals surface area (Å²) in [5.74, 6) is -1.79. The Kier molecular flexibility index (Phi) is 6.85. The maximum atomic E-state index is 13.4. The van der Waals surface area contributed by atoms with Crippen LogP contribution in [-0.2, 0) is 22.2 Å². The van der Waals surface area contributed by atoms with E-state index < -0.39 is 29.9 Å². The molecule has 0 radical (unpaired) electrons. The second kappa shape index (κ2) is 8.73. The summed E-state index contributed by atoms with van der Waals surface area (Å²) in [5, 5.41) is 12.5. The van der Waals surface area contributed by atoms with Gasteiger partial charge in [0.05, 0.1) is 6.42 Å². The van der Waals surface area contributed by atoms with Crippen molar-refractivity contribution in [3.63, 3.8) is 0 Å². The SMILES string of the molecule is Cn1ccnc1C(O)(CC(=O)NCCC(=O)N1CCCCCC1)C(F)(F)F. The lowest BCUT2D eigenvalue weighted by atomic mass is 9.97. The molecular formula is C17H25F3N4O3. The Morgan fingerprint density at radius 2 is 1.85 bits per heavy atom. The molecule has 0 spiro atoms. The van der Waals surface area contributed by atoms with Gasteiger partial charge in [-0.2, -0.15) is 13.2 Å². The number of aliphatic hydroxyl groups is 1. The van der Waals surface area contributed by atoms with Crippen LogP contribution in [0.4, 0.5) is 13.2 Å². The van der Waals surface area contributed by atoms with E-state index in [9.17, 15) is 27.9 Å². The third-order valence-corrected chi connectivity index (χ3v) is 4.70. The molecule has 1 aromatic heterocycles. The Morgan fingerprint density at radius 1 is 1.22 bits per heavy atom. The third-order valence-electron chi connectivity index (χ3n) is 4.70. The minimum absolute atomic E-state index is 0.0125. The minimum atomic E-state index is -5.08. The van der Waals surface area contributed by atoms with Crippen LogP contribution in [-0.4, -0.2) is 57.2 Å². The highest BCUT2D eigenvalue weighted by atomic mass is 19.4. The molecule has 0 aliphatic carbocycles. The summed E-state index contributed by atoms with van der Waals surface area (Å²) in [6, 6.07) is 0. The van der Waals surface area contributed by atoms with Gasteiger partial charge in [-0.3, -0.25) is 9.59 Å². The average Bonchev–Trinajstić information content (AvgIpc) is 2.84. The van der Waals surface area contributed by atoms with Crippen molar-refractivity contribution in [1.29, 1.82) is 0 Å². The number of likely N-dealkylation sites (tertiary alicyclic amines) is 1. The molecule has 1 saturated heterocycles. The van der Waals surface area contributed by atoms with Gasteiger partial charge in [0, 0.05) is 45.5 Å². The van der Waals surface area contributed by atoms with E-state index in [1.54, 1.807) is 4.90 Å². The summed E-state index contributed by atoms with van der Waals surface area (Å²) in [6.07, 6.45) is 0.0883. The maximum Gasteiger partial charge on any atom is 0.425 e. The van der Waals surface area contributed by atoms with Gasteiger partial charge in [-0.15, -0.1) is 0 Å². The van der Waals surface area contributed by atoms with Crippen LogP contribution in [0.3, 0.4) is 0 Å². The van der Waals surface area contributed by atoms with Crippen LogP contribution in [0.2, 0.25) is 0 Å². The van der Waals surface area contributed by atoms with Crippen LogP contribution in [0, 0.1) is 0 Å². The van der Waals surface area contributed by atoms with Crippen LogP contribution >= 0.6 is 0 Å². The lowest BCUT2D eigenvalue weighted by Crippen LogP contribution is -2.48. The smallest absolute Gasteiger partial charge is 0.374 e. The number of rotatable bonds is 6.